The molecular formula is C10H7N3O5. The van der Waals surface area contributed by atoms with Crippen LogP contribution in [0.15, 0.2) is 34.5 Å². The van der Waals surface area contributed by atoms with E-state index in [-0.39, 0.29) is 18.0 Å². The number of nitro groups is 1. The number of non-ortho nitro benzene ring substituents is 1. The van der Waals surface area contributed by atoms with Gasteiger partial charge in [0.1, 0.15) is 0 Å². The minimum atomic E-state index is -1.26. The van der Waals surface area contributed by atoms with Gasteiger partial charge in [-0.2, -0.15) is 10.2 Å². The Kier molecular flexibility index (Phi) is 3.09. The van der Waals surface area contributed by atoms with E-state index < -0.39 is 22.7 Å². The molecule has 1 aromatic carbocycles. The summed E-state index contributed by atoms with van der Waals surface area (Å²) in [7, 11) is 0. The van der Waals surface area contributed by atoms with E-state index in [1.807, 2.05) is 0 Å². The average Bonchev–Trinajstić information content (AvgIpc) is 2.67. The van der Waals surface area contributed by atoms with E-state index in [0.717, 1.165) is 0 Å². The Morgan fingerprint density at radius 1 is 1.39 bits per heavy atom. The van der Waals surface area contributed by atoms with Gasteiger partial charge in [-0.25, -0.2) is 4.79 Å². The van der Waals surface area contributed by atoms with E-state index >= 15 is 0 Å². The van der Waals surface area contributed by atoms with Crippen LogP contribution in [0.25, 0.3) is 0 Å². The number of nitrogens with zero attached hydrogens (tertiary/aromatic N) is 3. The highest BCUT2D eigenvalue weighted by Crippen LogP contribution is 2.21. The third-order valence-corrected chi connectivity index (χ3v) is 2.21. The van der Waals surface area contributed by atoms with Crippen LogP contribution in [0.4, 0.5) is 11.4 Å². The molecule has 1 aromatic rings. The molecule has 1 heterocycles. The lowest BCUT2D eigenvalue weighted by molar-refractivity contribution is -0.384. The minimum Gasteiger partial charge on any atom is -0.456 e. The van der Waals surface area contributed by atoms with Gasteiger partial charge in [0.25, 0.3) is 5.69 Å². The molecule has 1 unspecified atom stereocenters. The molecule has 1 saturated heterocycles. The number of carbonyl (C=O) groups is 2. The summed E-state index contributed by atoms with van der Waals surface area (Å²) in [5, 5.41) is 17.7. The number of rotatable bonds is 3. The Hall–Kier alpha value is -2.64. The van der Waals surface area contributed by atoms with Crippen molar-refractivity contribution in [3.05, 3.63) is 34.4 Å². The summed E-state index contributed by atoms with van der Waals surface area (Å²) in [6.07, 6.45) is 0. The highest BCUT2D eigenvalue weighted by molar-refractivity contribution is 6.08. The fourth-order valence-corrected chi connectivity index (χ4v) is 1.34. The summed E-state index contributed by atoms with van der Waals surface area (Å²) < 4.78 is 4.48. The number of esters is 1. The van der Waals surface area contributed by atoms with Gasteiger partial charge < -0.3 is 4.74 Å². The summed E-state index contributed by atoms with van der Waals surface area (Å²) in [6.45, 7) is -0.308. The van der Waals surface area contributed by atoms with Crippen LogP contribution in [-0.2, 0) is 14.3 Å². The molecule has 1 atom stereocenters. The second kappa shape index (κ2) is 4.70. The lowest BCUT2D eigenvalue weighted by atomic mass is 10.2. The molecule has 92 valence electrons. The first-order valence-electron chi connectivity index (χ1n) is 4.92. The predicted octanol–water partition coefficient (Wildman–Crippen LogP) is 1.17. The number of cyclic esters (lactones) is 1. The zero-order valence-electron chi connectivity index (χ0n) is 8.98. The van der Waals surface area contributed by atoms with Crippen molar-refractivity contribution in [3.8, 4) is 0 Å². The number of ketones is 1. The largest absolute Gasteiger partial charge is 0.456 e. The molecule has 1 aliphatic heterocycles. The maximum atomic E-state index is 11.2. The van der Waals surface area contributed by atoms with Crippen LogP contribution < -0.4 is 0 Å². The van der Waals surface area contributed by atoms with Crippen molar-refractivity contribution in [1.82, 2.24) is 0 Å². The first-order valence-corrected chi connectivity index (χ1v) is 4.92. The molecule has 0 N–H and O–H groups in total. The smallest absolute Gasteiger partial charge is 0.341 e. The molecule has 1 aliphatic rings. The van der Waals surface area contributed by atoms with Crippen molar-refractivity contribution in [2.45, 2.75) is 6.04 Å². The summed E-state index contributed by atoms with van der Waals surface area (Å²) >= 11 is 0. The highest BCUT2D eigenvalue weighted by atomic mass is 16.6. The van der Waals surface area contributed by atoms with Crippen LogP contribution in [0.3, 0.4) is 0 Å². The van der Waals surface area contributed by atoms with Crippen LogP contribution in [0.2, 0.25) is 0 Å². The summed E-state index contributed by atoms with van der Waals surface area (Å²) in [4.78, 5) is 32.2. The van der Waals surface area contributed by atoms with Crippen molar-refractivity contribution in [2.75, 3.05) is 6.61 Å². The quantitative estimate of drug-likeness (QED) is 0.262. The molecule has 8 nitrogen and oxygen atoms in total. The third kappa shape index (κ3) is 2.37. The molecule has 0 bridgehead atoms. The normalized spacial score (nSPS) is 19.2. The maximum absolute atomic E-state index is 11.2. The molecule has 0 amide bonds. The Labute approximate surface area is 100 Å². The number of benzene rings is 1. The van der Waals surface area contributed by atoms with Gasteiger partial charge in [0.05, 0.1) is 10.6 Å². The van der Waals surface area contributed by atoms with Crippen LogP contribution in [0, 0.1) is 10.1 Å². The Bertz CT molecular complexity index is 538. The second-order valence-electron chi connectivity index (χ2n) is 3.47. The van der Waals surface area contributed by atoms with Gasteiger partial charge in [-0.3, -0.25) is 14.9 Å². The predicted molar refractivity (Wildman–Crippen MR) is 57.4 cm³/mol. The van der Waals surface area contributed by atoms with Crippen molar-refractivity contribution in [3.63, 3.8) is 0 Å². The number of hydrogen-bond acceptors (Lipinski definition) is 7. The fourth-order valence-electron chi connectivity index (χ4n) is 1.34. The standard InChI is InChI=1S/C10H7N3O5/c14-8-5-18-10(15)9(8)12-11-6-2-1-3-7(4-6)13(16)17/h1-4,9H,5H2. The van der Waals surface area contributed by atoms with Gasteiger partial charge in [0.15, 0.2) is 6.61 Å². The van der Waals surface area contributed by atoms with Gasteiger partial charge in [0.2, 0.25) is 11.8 Å². The van der Waals surface area contributed by atoms with Crippen molar-refractivity contribution in [1.29, 1.82) is 0 Å². The number of azo groups is 1. The Balaban J connectivity index is 2.18. The van der Waals surface area contributed by atoms with Gasteiger partial charge in [-0.1, -0.05) is 6.07 Å². The van der Waals surface area contributed by atoms with Crippen molar-refractivity contribution in [2.24, 2.45) is 10.2 Å². The molecule has 1 fully saturated rings. The first kappa shape index (κ1) is 11.8. The molecule has 2 rings (SSSR count). The van der Waals surface area contributed by atoms with Crippen molar-refractivity contribution < 1.29 is 19.2 Å². The molecular weight excluding hydrogens is 242 g/mol. The number of carbonyl (C=O) groups excluding carboxylic acids is 2. The SMILES string of the molecule is O=C1COC(=O)C1N=Nc1cccc([N+](=O)[O-])c1. The number of hydrogen-bond donors (Lipinski definition) is 0. The number of nitro benzene ring substituents is 1. The maximum Gasteiger partial charge on any atom is 0.341 e. The fraction of sp³-hybridized carbons (Fsp3) is 0.200. The highest BCUT2D eigenvalue weighted by Gasteiger charge is 2.35. The second-order valence-corrected chi connectivity index (χ2v) is 3.47. The van der Waals surface area contributed by atoms with Gasteiger partial charge in [-0.15, -0.1) is 0 Å². The van der Waals surface area contributed by atoms with E-state index in [1.54, 1.807) is 0 Å². The summed E-state index contributed by atoms with van der Waals surface area (Å²) in [6, 6.07) is 4.13. The van der Waals surface area contributed by atoms with Crippen LogP contribution in [-0.4, -0.2) is 29.3 Å². The third-order valence-electron chi connectivity index (χ3n) is 2.21. The molecule has 0 saturated carbocycles. The number of ether oxygens (including phenoxy) is 1. The van der Waals surface area contributed by atoms with Crippen LogP contribution in [0.1, 0.15) is 0 Å². The van der Waals surface area contributed by atoms with E-state index in [1.165, 1.54) is 24.3 Å². The van der Waals surface area contributed by atoms with E-state index in [2.05, 4.69) is 15.0 Å². The molecule has 18 heavy (non-hydrogen) atoms. The van der Waals surface area contributed by atoms with Gasteiger partial charge >= 0.3 is 5.97 Å². The van der Waals surface area contributed by atoms with Crippen LogP contribution in [0.5, 0.6) is 0 Å². The Morgan fingerprint density at radius 2 is 2.17 bits per heavy atom. The molecule has 0 aromatic heterocycles. The lowest BCUT2D eigenvalue weighted by Crippen LogP contribution is -2.18. The van der Waals surface area contributed by atoms with Crippen LogP contribution >= 0.6 is 0 Å². The first-order chi connectivity index (χ1) is 8.58. The zero-order valence-corrected chi connectivity index (χ0v) is 8.98. The van der Waals surface area contributed by atoms with Gasteiger partial charge in [-0.05, 0) is 6.07 Å². The van der Waals surface area contributed by atoms with Crippen molar-refractivity contribution >= 4 is 23.1 Å². The Morgan fingerprint density at radius 3 is 2.78 bits per heavy atom. The van der Waals surface area contributed by atoms with E-state index in [9.17, 15) is 19.7 Å². The molecule has 0 aliphatic carbocycles. The number of Topliss-reactive ketones (excluding diaryl/α,β-unsaturated/α-hetero) is 1. The van der Waals surface area contributed by atoms with E-state index in [4.69, 9.17) is 0 Å². The zero-order chi connectivity index (χ0) is 13.1. The molecule has 0 radical (unpaired) electrons. The summed E-state index contributed by atoms with van der Waals surface area (Å²) in [5.74, 6) is -1.23. The van der Waals surface area contributed by atoms with E-state index in [0.29, 0.717) is 0 Å². The van der Waals surface area contributed by atoms with Gasteiger partial charge in [0, 0.05) is 12.1 Å². The minimum absolute atomic E-state index is 0.147. The average molecular weight is 249 g/mol. The summed E-state index contributed by atoms with van der Waals surface area (Å²) in [5.41, 5.74) is 0.0449. The molecule has 0 spiro atoms. The lowest BCUT2D eigenvalue weighted by Gasteiger charge is -1.95. The monoisotopic (exact) mass is 249 g/mol. The topological polar surface area (TPSA) is 111 Å². The molecule has 8 heteroatoms.